The Morgan fingerprint density at radius 1 is 1.69 bits per heavy atom. The first kappa shape index (κ1) is 10.9. The molecule has 0 aliphatic heterocycles. The predicted molar refractivity (Wildman–Crippen MR) is 54.7 cm³/mol. The van der Waals surface area contributed by atoms with Crippen molar-refractivity contribution >= 4 is 17.7 Å². The summed E-state index contributed by atoms with van der Waals surface area (Å²) in [5, 5.41) is 0. The van der Waals surface area contributed by atoms with Gasteiger partial charge in [-0.1, -0.05) is 0 Å². The van der Waals surface area contributed by atoms with Gasteiger partial charge >= 0.3 is 5.97 Å². The molecule has 1 rings (SSSR count). The van der Waals surface area contributed by atoms with Crippen molar-refractivity contribution in [2.45, 2.75) is 37.8 Å². The molecule has 76 valence electrons. The van der Waals surface area contributed by atoms with Crippen LogP contribution in [0.2, 0.25) is 0 Å². The van der Waals surface area contributed by atoms with Gasteiger partial charge in [0.05, 0.1) is 0 Å². The largest absolute Gasteiger partial charge is 0.461 e. The van der Waals surface area contributed by atoms with Gasteiger partial charge < -0.3 is 10.5 Å². The summed E-state index contributed by atoms with van der Waals surface area (Å²) >= 11 is 1.70. The van der Waals surface area contributed by atoms with Crippen molar-refractivity contribution in [1.29, 1.82) is 0 Å². The molecule has 1 unspecified atom stereocenters. The molecule has 0 aromatic rings. The van der Waals surface area contributed by atoms with Gasteiger partial charge in [-0.05, 0) is 37.7 Å². The molecule has 0 saturated heterocycles. The highest BCUT2D eigenvalue weighted by molar-refractivity contribution is 7.98. The number of esters is 1. The van der Waals surface area contributed by atoms with E-state index in [1.165, 1.54) is 6.42 Å². The van der Waals surface area contributed by atoms with Gasteiger partial charge in [-0.2, -0.15) is 11.8 Å². The zero-order valence-corrected chi connectivity index (χ0v) is 8.81. The molecule has 1 saturated carbocycles. The molecule has 1 atom stereocenters. The van der Waals surface area contributed by atoms with Crippen LogP contribution in [-0.2, 0) is 9.53 Å². The fourth-order valence-corrected chi connectivity index (χ4v) is 1.59. The van der Waals surface area contributed by atoms with Crippen LogP contribution in [-0.4, -0.2) is 30.1 Å². The zero-order valence-electron chi connectivity index (χ0n) is 7.99. The summed E-state index contributed by atoms with van der Waals surface area (Å²) in [5.74, 6) is 0.694. The summed E-state index contributed by atoms with van der Waals surface area (Å²) in [7, 11) is 0. The summed E-state index contributed by atoms with van der Waals surface area (Å²) in [6.07, 6.45) is 6.09. The summed E-state index contributed by atoms with van der Waals surface area (Å²) in [5.41, 5.74) is 5.64. The normalized spacial score (nSPS) is 19.2. The molecule has 3 nitrogen and oxygen atoms in total. The summed E-state index contributed by atoms with van der Waals surface area (Å²) < 4.78 is 5.17. The number of carbonyl (C=O) groups is 1. The van der Waals surface area contributed by atoms with E-state index in [4.69, 9.17) is 10.5 Å². The average Bonchev–Trinajstić information content (AvgIpc) is 2.06. The second-order valence-electron chi connectivity index (χ2n) is 3.38. The minimum Gasteiger partial charge on any atom is -0.461 e. The predicted octanol–water partition coefficient (Wildman–Crippen LogP) is 1.16. The highest BCUT2D eigenvalue weighted by Gasteiger charge is 2.24. The first-order chi connectivity index (χ1) is 6.24. The van der Waals surface area contributed by atoms with E-state index in [9.17, 15) is 4.79 Å². The Balaban J connectivity index is 2.13. The van der Waals surface area contributed by atoms with Gasteiger partial charge in [-0.15, -0.1) is 0 Å². The van der Waals surface area contributed by atoms with Crippen molar-refractivity contribution in [3.63, 3.8) is 0 Å². The number of thioether (sulfide) groups is 1. The molecule has 0 amide bonds. The molecule has 4 heteroatoms. The summed E-state index contributed by atoms with van der Waals surface area (Å²) in [4.78, 5) is 11.3. The van der Waals surface area contributed by atoms with E-state index in [-0.39, 0.29) is 12.1 Å². The topological polar surface area (TPSA) is 52.3 Å². The third-order valence-electron chi connectivity index (χ3n) is 2.27. The van der Waals surface area contributed by atoms with Gasteiger partial charge in [0.1, 0.15) is 12.1 Å². The standard InChI is InChI=1S/C9H17NO2S/c1-13-6-5-8(10)9(11)12-7-3-2-4-7/h7-8H,2-6,10H2,1H3. The first-order valence-corrected chi connectivity index (χ1v) is 6.08. The molecule has 0 heterocycles. The SMILES string of the molecule is CSCCC(N)C(=O)OC1CCC1. The summed E-state index contributed by atoms with van der Waals surface area (Å²) in [6.45, 7) is 0. The van der Waals surface area contributed by atoms with Gasteiger partial charge in [0.2, 0.25) is 0 Å². The van der Waals surface area contributed by atoms with Crippen LogP contribution < -0.4 is 5.73 Å². The molecule has 1 aliphatic carbocycles. The molecule has 0 aromatic carbocycles. The second-order valence-corrected chi connectivity index (χ2v) is 4.36. The Morgan fingerprint density at radius 2 is 2.38 bits per heavy atom. The smallest absolute Gasteiger partial charge is 0.323 e. The fourth-order valence-electron chi connectivity index (χ4n) is 1.10. The first-order valence-electron chi connectivity index (χ1n) is 4.69. The molecular weight excluding hydrogens is 186 g/mol. The van der Waals surface area contributed by atoms with Crippen molar-refractivity contribution in [1.82, 2.24) is 0 Å². The van der Waals surface area contributed by atoms with Crippen LogP contribution in [0.4, 0.5) is 0 Å². The van der Waals surface area contributed by atoms with E-state index < -0.39 is 6.04 Å². The van der Waals surface area contributed by atoms with Gasteiger partial charge in [0.25, 0.3) is 0 Å². The third-order valence-corrected chi connectivity index (χ3v) is 2.91. The highest BCUT2D eigenvalue weighted by Crippen LogP contribution is 2.22. The third kappa shape index (κ3) is 3.56. The Kier molecular flexibility index (Phi) is 4.59. The minimum atomic E-state index is -0.423. The van der Waals surface area contributed by atoms with Crippen molar-refractivity contribution in [2.75, 3.05) is 12.0 Å². The lowest BCUT2D eigenvalue weighted by atomic mass is 9.96. The van der Waals surface area contributed by atoms with Crippen LogP contribution in [0.25, 0.3) is 0 Å². The lowest BCUT2D eigenvalue weighted by Crippen LogP contribution is -2.37. The fraction of sp³-hybridized carbons (Fsp3) is 0.889. The maximum atomic E-state index is 11.3. The van der Waals surface area contributed by atoms with Gasteiger partial charge in [0, 0.05) is 0 Å². The van der Waals surface area contributed by atoms with Gasteiger partial charge in [-0.25, -0.2) is 0 Å². The number of hydrogen-bond acceptors (Lipinski definition) is 4. The number of carbonyl (C=O) groups excluding carboxylic acids is 1. The lowest BCUT2D eigenvalue weighted by molar-refractivity contribution is -0.154. The molecule has 1 fully saturated rings. The van der Waals surface area contributed by atoms with E-state index in [0.29, 0.717) is 6.42 Å². The Morgan fingerprint density at radius 3 is 2.85 bits per heavy atom. The van der Waals surface area contributed by atoms with Gasteiger partial charge in [-0.3, -0.25) is 4.79 Å². The highest BCUT2D eigenvalue weighted by atomic mass is 32.2. The van der Waals surface area contributed by atoms with Crippen molar-refractivity contribution in [3.8, 4) is 0 Å². The molecule has 0 aromatic heterocycles. The molecule has 1 aliphatic rings. The van der Waals surface area contributed by atoms with Crippen LogP contribution in [0.15, 0.2) is 0 Å². The average molecular weight is 203 g/mol. The van der Waals surface area contributed by atoms with Crippen molar-refractivity contribution in [3.05, 3.63) is 0 Å². The van der Waals surface area contributed by atoms with E-state index in [2.05, 4.69) is 0 Å². The molecule has 0 radical (unpaired) electrons. The number of hydrogen-bond donors (Lipinski definition) is 1. The van der Waals surface area contributed by atoms with E-state index in [1.807, 2.05) is 6.26 Å². The quantitative estimate of drug-likeness (QED) is 0.681. The molecular formula is C9H17NO2S. The van der Waals surface area contributed by atoms with Crippen LogP contribution >= 0.6 is 11.8 Å². The minimum absolute atomic E-state index is 0.160. The maximum Gasteiger partial charge on any atom is 0.323 e. The van der Waals surface area contributed by atoms with Crippen molar-refractivity contribution in [2.24, 2.45) is 5.73 Å². The van der Waals surface area contributed by atoms with Crippen molar-refractivity contribution < 1.29 is 9.53 Å². The lowest BCUT2D eigenvalue weighted by Gasteiger charge is -2.26. The number of rotatable bonds is 5. The van der Waals surface area contributed by atoms with E-state index >= 15 is 0 Å². The molecule has 0 bridgehead atoms. The zero-order chi connectivity index (χ0) is 9.68. The molecule has 13 heavy (non-hydrogen) atoms. The van der Waals surface area contributed by atoms with Crippen LogP contribution in [0.5, 0.6) is 0 Å². The summed E-state index contributed by atoms with van der Waals surface area (Å²) in [6, 6.07) is -0.423. The Labute approximate surface area is 83.4 Å². The monoisotopic (exact) mass is 203 g/mol. The molecule has 0 spiro atoms. The van der Waals surface area contributed by atoms with Crippen LogP contribution in [0.1, 0.15) is 25.7 Å². The Hall–Kier alpha value is -0.220. The van der Waals surface area contributed by atoms with E-state index in [0.717, 1.165) is 18.6 Å². The molecule has 2 N–H and O–H groups in total. The van der Waals surface area contributed by atoms with E-state index in [1.54, 1.807) is 11.8 Å². The second kappa shape index (κ2) is 5.50. The van der Waals surface area contributed by atoms with Crippen LogP contribution in [0.3, 0.4) is 0 Å². The number of nitrogens with two attached hydrogens (primary N) is 1. The Bertz CT molecular complexity index is 171. The van der Waals surface area contributed by atoms with Crippen LogP contribution in [0, 0.1) is 0 Å². The number of ether oxygens (including phenoxy) is 1. The maximum absolute atomic E-state index is 11.3. The van der Waals surface area contributed by atoms with Gasteiger partial charge in [0.15, 0.2) is 0 Å².